The van der Waals surface area contributed by atoms with Crippen LogP contribution in [0.5, 0.6) is 0 Å². The Bertz CT molecular complexity index is 402. The number of carbonyl (C=O) groups excluding carboxylic acids is 1. The molecule has 1 fully saturated rings. The lowest BCUT2D eigenvalue weighted by Gasteiger charge is -2.31. The number of likely N-dealkylation sites (tertiary alicyclic amines) is 1. The average Bonchev–Trinajstić information content (AvgIpc) is 2.38. The molecule has 0 atom stereocenters. The van der Waals surface area contributed by atoms with Gasteiger partial charge in [0.25, 0.3) is 5.91 Å². The van der Waals surface area contributed by atoms with E-state index >= 15 is 0 Å². The third-order valence-corrected chi connectivity index (χ3v) is 3.42. The van der Waals surface area contributed by atoms with Crippen LogP contribution in [0.1, 0.15) is 23.2 Å². The molecule has 0 aliphatic carbocycles. The van der Waals surface area contributed by atoms with E-state index in [2.05, 4.69) is 4.98 Å². The molecule has 2 rings (SSSR count). The van der Waals surface area contributed by atoms with E-state index in [1.165, 1.54) is 0 Å². The summed E-state index contributed by atoms with van der Waals surface area (Å²) in [5.41, 5.74) is 6.23. The summed E-state index contributed by atoms with van der Waals surface area (Å²) in [6.07, 6.45) is 3.53. The minimum absolute atomic E-state index is 0.0322. The van der Waals surface area contributed by atoms with E-state index in [0.29, 0.717) is 23.2 Å². The molecule has 1 aromatic rings. The van der Waals surface area contributed by atoms with E-state index < -0.39 is 0 Å². The largest absolute Gasteiger partial charge is 0.339 e. The van der Waals surface area contributed by atoms with Crippen molar-refractivity contribution in [2.24, 2.45) is 11.7 Å². The molecule has 5 heteroatoms. The zero-order valence-corrected chi connectivity index (χ0v) is 10.4. The molecule has 1 aliphatic rings. The van der Waals surface area contributed by atoms with Gasteiger partial charge in [-0.3, -0.25) is 4.79 Å². The molecule has 1 aromatic heterocycles. The number of pyridine rings is 1. The molecule has 0 spiro atoms. The minimum Gasteiger partial charge on any atom is -0.339 e. The lowest BCUT2D eigenvalue weighted by Crippen LogP contribution is -2.40. The van der Waals surface area contributed by atoms with Crippen molar-refractivity contribution in [3.05, 3.63) is 29.0 Å². The van der Waals surface area contributed by atoms with E-state index in [9.17, 15) is 4.79 Å². The Hall–Kier alpha value is -1.13. The Labute approximate surface area is 106 Å². The fourth-order valence-corrected chi connectivity index (χ4v) is 2.26. The van der Waals surface area contributed by atoms with E-state index in [1.807, 2.05) is 4.90 Å². The highest BCUT2D eigenvalue weighted by Gasteiger charge is 2.22. The first-order valence-corrected chi connectivity index (χ1v) is 6.19. The van der Waals surface area contributed by atoms with Gasteiger partial charge in [-0.15, -0.1) is 0 Å². The van der Waals surface area contributed by atoms with Gasteiger partial charge in [0.2, 0.25) is 0 Å². The lowest BCUT2D eigenvalue weighted by molar-refractivity contribution is 0.0693. The molecule has 0 unspecified atom stereocenters. The predicted octanol–water partition coefficient (Wildman–Crippen LogP) is 1.55. The summed E-state index contributed by atoms with van der Waals surface area (Å²) >= 11 is 5.78. The van der Waals surface area contributed by atoms with Gasteiger partial charge in [-0.1, -0.05) is 11.6 Å². The molecule has 2 N–H and O–H groups in total. The number of piperidine rings is 1. The molecule has 92 valence electrons. The van der Waals surface area contributed by atoms with Crippen LogP contribution in [-0.4, -0.2) is 35.4 Å². The van der Waals surface area contributed by atoms with Crippen molar-refractivity contribution in [2.75, 3.05) is 19.6 Å². The molecule has 4 nitrogen and oxygen atoms in total. The Morgan fingerprint density at radius 3 is 2.82 bits per heavy atom. The summed E-state index contributed by atoms with van der Waals surface area (Å²) in [7, 11) is 0. The Morgan fingerprint density at radius 2 is 2.24 bits per heavy atom. The second kappa shape index (κ2) is 5.47. The maximum atomic E-state index is 12.2. The number of nitrogens with two attached hydrogens (primary N) is 1. The van der Waals surface area contributed by atoms with Gasteiger partial charge in [0, 0.05) is 24.8 Å². The molecular formula is C12H16ClN3O. The van der Waals surface area contributed by atoms with Crippen molar-refractivity contribution >= 4 is 17.5 Å². The molecule has 2 heterocycles. The van der Waals surface area contributed by atoms with Crippen molar-refractivity contribution in [1.82, 2.24) is 9.88 Å². The van der Waals surface area contributed by atoms with Crippen molar-refractivity contribution in [3.63, 3.8) is 0 Å². The van der Waals surface area contributed by atoms with Gasteiger partial charge < -0.3 is 10.6 Å². The normalized spacial score (nSPS) is 17.2. The maximum Gasteiger partial charge on any atom is 0.254 e. The van der Waals surface area contributed by atoms with E-state index in [1.54, 1.807) is 18.3 Å². The van der Waals surface area contributed by atoms with Crippen molar-refractivity contribution in [3.8, 4) is 0 Å². The highest BCUT2D eigenvalue weighted by Crippen LogP contribution is 2.18. The summed E-state index contributed by atoms with van der Waals surface area (Å²) in [4.78, 5) is 17.9. The van der Waals surface area contributed by atoms with Crippen LogP contribution in [-0.2, 0) is 0 Å². The quantitative estimate of drug-likeness (QED) is 0.814. The highest BCUT2D eigenvalue weighted by molar-refractivity contribution is 6.29. The number of rotatable bonds is 2. The lowest BCUT2D eigenvalue weighted by atomic mass is 9.97. The van der Waals surface area contributed by atoms with Gasteiger partial charge >= 0.3 is 0 Å². The van der Waals surface area contributed by atoms with Crippen LogP contribution < -0.4 is 5.73 Å². The molecule has 0 aromatic carbocycles. The first-order valence-electron chi connectivity index (χ1n) is 5.81. The van der Waals surface area contributed by atoms with Gasteiger partial charge in [0.15, 0.2) is 0 Å². The predicted molar refractivity (Wildman–Crippen MR) is 66.9 cm³/mol. The number of hydrogen-bond donors (Lipinski definition) is 1. The molecule has 0 bridgehead atoms. The fourth-order valence-electron chi connectivity index (χ4n) is 2.09. The average molecular weight is 254 g/mol. The summed E-state index contributed by atoms with van der Waals surface area (Å²) in [6.45, 7) is 2.27. The summed E-state index contributed by atoms with van der Waals surface area (Å²) in [6, 6.07) is 3.31. The molecular weight excluding hydrogens is 238 g/mol. The topological polar surface area (TPSA) is 59.2 Å². The standard InChI is InChI=1S/C12H16ClN3O/c13-11-7-10(1-4-15-11)12(17)16-5-2-9(8-14)3-6-16/h1,4,7,9H,2-3,5-6,8,14H2. The third kappa shape index (κ3) is 2.96. The molecule has 1 amide bonds. The highest BCUT2D eigenvalue weighted by atomic mass is 35.5. The number of halogens is 1. The van der Waals surface area contributed by atoms with Gasteiger partial charge in [-0.25, -0.2) is 4.98 Å². The van der Waals surface area contributed by atoms with E-state index in [-0.39, 0.29) is 5.91 Å². The molecule has 1 aliphatic heterocycles. The third-order valence-electron chi connectivity index (χ3n) is 3.21. The minimum atomic E-state index is 0.0322. The first kappa shape index (κ1) is 12.3. The first-order chi connectivity index (χ1) is 8.20. The van der Waals surface area contributed by atoms with Crippen LogP contribution in [0.25, 0.3) is 0 Å². The zero-order chi connectivity index (χ0) is 12.3. The van der Waals surface area contributed by atoms with Crippen molar-refractivity contribution in [1.29, 1.82) is 0 Å². The monoisotopic (exact) mass is 253 g/mol. The molecule has 17 heavy (non-hydrogen) atoms. The second-order valence-electron chi connectivity index (χ2n) is 4.34. The van der Waals surface area contributed by atoms with Crippen LogP contribution in [0, 0.1) is 5.92 Å². The van der Waals surface area contributed by atoms with Crippen LogP contribution in [0.3, 0.4) is 0 Å². The zero-order valence-electron chi connectivity index (χ0n) is 9.60. The molecule has 0 radical (unpaired) electrons. The molecule has 1 saturated heterocycles. The number of amides is 1. The van der Waals surface area contributed by atoms with Gasteiger partial charge in [0.05, 0.1) is 0 Å². The Kier molecular flexibility index (Phi) is 3.97. The second-order valence-corrected chi connectivity index (χ2v) is 4.73. The van der Waals surface area contributed by atoms with Gasteiger partial charge in [0.1, 0.15) is 5.15 Å². The Balaban J connectivity index is 2.02. The number of hydrogen-bond acceptors (Lipinski definition) is 3. The van der Waals surface area contributed by atoms with Crippen LogP contribution in [0.2, 0.25) is 5.15 Å². The number of nitrogens with zero attached hydrogens (tertiary/aromatic N) is 2. The van der Waals surface area contributed by atoms with E-state index in [4.69, 9.17) is 17.3 Å². The van der Waals surface area contributed by atoms with Crippen molar-refractivity contribution in [2.45, 2.75) is 12.8 Å². The number of aromatic nitrogens is 1. The van der Waals surface area contributed by atoms with Crippen molar-refractivity contribution < 1.29 is 4.79 Å². The van der Waals surface area contributed by atoms with E-state index in [0.717, 1.165) is 25.9 Å². The summed E-state index contributed by atoms with van der Waals surface area (Å²) < 4.78 is 0. The molecule has 0 saturated carbocycles. The smallest absolute Gasteiger partial charge is 0.254 e. The van der Waals surface area contributed by atoms with Gasteiger partial charge in [-0.05, 0) is 37.4 Å². The summed E-state index contributed by atoms with van der Waals surface area (Å²) in [5.74, 6) is 0.588. The fraction of sp³-hybridized carbons (Fsp3) is 0.500. The number of carbonyl (C=O) groups is 1. The van der Waals surface area contributed by atoms with Gasteiger partial charge in [-0.2, -0.15) is 0 Å². The summed E-state index contributed by atoms with van der Waals surface area (Å²) in [5, 5.41) is 0.354. The SMILES string of the molecule is NCC1CCN(C(=O)c2ccnc(Cl)c2)CC1. The van der Waals surface area contributed by atoms with Crippen LogP contribution in [0.4, 0.5) is 0 Å². The maximum absolute atomic E-state index is 12.2. The van der Waals surface area contributed by atoms with Crippen LogP contribution in [0.15, 0.2) is 18.3 Å². The van der Waals surface area contributed by atoms with Crippen LogP contribution >= 0.6 is 11.6 Å². The Morgan fingerprint density at radius 1 is 1.53 bits per heavy atom.